The number of carbonyl (C=O) groups excluding carboxylic acids is 1. The lowest BCUT2D eigenvalue weighted by molar-refractivity contribution is 0.0492. The topological polar surface area (TPSA) is 46.5 Å². The second-order valence-corrected chi connectivity index (χ2v) is 6.28. The molecule has 0 saturated carbocycles. The molecule has 1 aromatic carbocycles. The van der Waals surface area contributed by atoms with E-state index in [-0.39, 0.29) is 18.0 Å². The quantitative estimate of drug-likeness (QED) is 0.634. The van der Waals surface area contributed by atoms with Gasteiger partial charge in [-0.1, -0.05) is 56.4 Å². The number of hydrogen-bond donors (Lipinski definition) is 1. The van der Waals surface area contributed by atoms with E-state index in [0.29, 0.717) is 25.0 Å². The molecule has 0 radical (unpaired) electrons. The Balaban J connectivity index is 2.01. The number of hydrogen-bond acceptors (Lipinski definition) is 3. The van der Waals surface area contributed by atoms with Gasteiger partial charge in [0.25, 0.3) is 0 Å². The Hall–Kier alpha value is -2.13. The fourth-order valence-corrected chi connectivity index (χ4v) is 2.27. The minimum atomic E-state index is -0.319. The molecule has 23 heavy (non-hydrogen) atoms. The number of benzene rings is 1. The highest BCUT2D eigenvalue weighted by Crippen LogP contribution is 2.26. The van der Waals surface area contributed by atoms with E-state index in [1.54, 1.807) is 12.1 Å². The lowest BCUT2D eigenvalue weighted by atomic mass is 9.93. The van der Waals surface area contributed by atoms with Gasteiger partial charge in [0.2, 0.25) is 0 Å². The lowest BCUT2D eigenvalue weighted by Gasteiger charge is -2.12. The Morgan fingerprint density at radius 1 is 1.13 bits per heavy atom. The molecule has 0 atom stereocenters. The normalized spacial score (nSPS) is 15.9. The van der Waals surface area contributed by atoms with Crippen LogP contribution in [0.4, 0.5) is 0 Å². The van der Waals surface area contributed by atoms with Crippen LogP contribution in [-0.2, 0) is 4.74 Å². The summed E-state index contributed by atoms with van der Waals surface area (Å²) in [5.41, 5.74) is 2.79. The third kappa shape index (κ3) is 5.22. The molecule has 1 aliphatic rings. The summed E-state index contributed by atoms with van der Waals surface area (Å²) in [4.78, 5) is 11.9. The number of esters is 1. The largest absolute Gasteiger partial charge is 0.462 e. The smallest absolute Gasteiger partial charge is 0.338 e. The molecule has 1 aliphatic carbocycles. The predicted molar refractivity (Wildman–Crippen MR) is 93.1 cm³/mol. The van der Waals surface area contributed by atoms with Gasteiger partial charge in [-0.2, -0.15) is 0 Å². The number of rotatable bonds is 6. The van der Waals surface area contributed by atoms with Crippen molar-refractivity contribution in [1.29, 1.82) is 0 Å². The first-order chi connectivity index (χ1) is 11.0. The van der Waals surface area contributed by atoms with Crippen LogP contribution >= 0.6 is 0 Å². The van der Waals surface area contributed by atoms with Gasteiger partial charge in [-0.05, 0) is 36.1 Å². The van der Waals surface area contributed by atoms with Gasteiger partial charge >= 0.3 is 5.97 Å². The average Bonchev–Trinajstić information content (AvgIpc) is 2.72. The Morgan fingerprint density at radius 2 is 1.87 bits per heavy atom. The molecule has 122 valence electrons. The molecule has 2 rings (SSSR count). The maximum atomic E-state index is 11.9. The van der Waals surface area contributed by atoms with E-state index in [9.17, 15) is 4.79 Å². The van der Waals surface area contributed by atoms with Crippen LogP contribution in [0.3, 0.4) is 0 Å². The summed E-state index contributed by atoms with van der Waals surface area (Å²) in [5.74, 6) is -0.319. The van der Waals surface area contributed by atoms with Gasteiger partial charge in [-0.25, -0.2) is 4.79 Å². The molecular formula is C20H24O3. The van der Waals surface area contributed by atoms with Gasteiger partial charge in [0.15, 0.2) is 0 Å². The predicted octanol–water partition coefficient (Wildman–Crippen LogP) is 4.15. The van der Waals surface area contributed by atoms with E-state index in [1.807, 2.05) is 12.1 Å². The summed E-state index contributed by atoms with van der Waals surface area (Å²) in [5, 5.41) is 8.70. The van der Waals surface area contributed by atoms with E-state index < -0.39 is 0 Å². The molecule has 1 N–H and O–H groups in total. The number of aliphatic hydroxyl groups is 1. The summed E-state index contributed by atoms with van der Waals surface area (Å²) in [6.45, 7) is 4.79. The first-order valence-electron chi connectivity index (χ1n) is 7.99. The molecule has 1 aromatic rings. The van der Waals surface area contributed by atoms with Crippen molar-refractivity contribution in [3.63, 3.8) is 0 Å². The first-order valence-corrected chi connectivity index (χ1v) is 7.99. The highest BCUT2D eigenvalue weighted by molar-refractivity contribution is 5.90. The van der Waals surface area contributed by atoms with Crippen LogP contribution in [0, 0.1) is 5.41 Å². The zero-order valence-corrected chi connectivity index (χ0v) is 13.8. The van der Waals surface area contributed by atoms with E-state index in [0.717, 1.165) is 11.1 Å². The minimum Gasteiger partial charge on any atom is -0.462 e. The van der Waals surface area contributed by atoms with Gasteiger partial charge in [0, 0.05) is 12.0 Å². The second kappa shape index (κ2) is 7.93. The minimum absolute atomic E-state index is 0.0521. The van der Waals surface area contributed by atoms with Crippen LogP contribution in [0.1, 0.15) is 42.6 Å². The van der Waals surface area contributed by atoms with Crippen LogP contribution in [0.25, 0.3) is 5.57 Å². The number of unbranched alkanes of at least 4 members (excludes halogenated alkanes) is 1. The number of aliphatic hydroxyl groups excluding tert-OH is 1. The average molecular weight is 312 g/mol. The molecule has 0 aromatic heterocycles. The number of allylic oxidation sites excluding steroid dienone is 6. The molecular weight excluding hydrogens is 288 g/mol. The third-order valence-electron chi connectivity index (χ3n) is 3.73. The van der Waals surface area contributed by atoms with E-state index in [4.69, 9.17) is 9.84 Å². The molecule has 0 unspecified atom stereocenters. The summed E-state index contributed by atoms with van der Waals surface area (Å²) in [6, 6.07) is 7.45. The van der Waals surface area contributed by atoms with Crippen molar-refractivity contribution in [1.82, 2.24) is 0 Å². The van der Waals surface area contributed by atoms with Gasteiger partial charge < -0.3 is 9.84 Å². The van der Waals surface area contributed by atoms with Crippen LogP contribution in [0.2, 0.25) is 0 Å². The second-order valence-electron chi connectivity index (χ2n) is 6.28. The molecule has 0 saturated heterocycles. The van der Waals surface area contributed by atoms with Gasteiger partial charge in [-0.15, -0.1) is 0 Å². The van der Waals surface area contributed by atoms with Crippen molar-refractivity contribution in [2.75, 3.05) is 13.2 Å². The van der Waals surface area contributed by atoms with Crippen LogP contribution in [0.15, 0.2) is 54.6 Å². The molecule has 0 amide bonds. The highest BCUT2D eigenvalue weighted by Gasteiger charge is 2.12. The summed E-state index contributed by atoms with van der Waals surface area (Å²) >= 11 is 0. The van der Waals surface area contributed by atoms with Gasteiger partial charge in [0.05, 0.1) is 12.2 Å². The lowest BCUT2D eigenvalue weighted by Crippen LogP contribution is -2.06. The van der Waals surface area contributed by atoms with Crippen molar-refractivity contribution < 1.29 is 14.6 Å². The van der Waals surface area contributed by atoms with E-state index in [1.165, 1.54) is 0 Å². The molecule has 0 spiro atoms. The summed E-state index contributed by atoms with van der Waals surface area (Å²) in [6.07, 6.45) is 11.9. The summed E-state index contributed by atoms with van der Waals surface area (Å²) in [7, 11) is 0. The monoisotopic (exact) mass is 312 g/mol. The molecule has 3 heteroatoms. The molecule has 3 nitrogen and oxygen atoms in total. The SMILES string of the molecule is CC1(C)C=CC=C(c2ccc(C(=O)OCCCCO)cc2)C=C1. The first kappa shape index (κ1) is 17.2. The van der Waals surface area contributed by atoms with Crippen LogP contribution in [0.5, 0.6) is 0 Å². The zero-order valence-electron chi connectivity index (χ0n) is 13.8. The zero-order chi connectivity index (χ0) is 16.7. The van der Waals surface area contributed by atoms with Crippen molar-refractivity contribution >= 4 is 11.5 Å². The molecule has 0 aliphatic heterocycles. The third-order valence-corrected chi connectivity index (χ3v) is 3.73. The van der Waals surface area contributed by atoms with E-state index >= 15 is 0 Å². The van der Waals surface area contributed by atoms with Gasteiger partial charge in [-0.3, -0.25) is 0 Å². The Morgan fingerprint density at radius 3 is 2.57 bits per heavy atom. The van der Waals surface area contributed by atoms with Crippen molar-refractivity contribution in [3.8, 4) is 0 Å². The Kier molecular flexibility index (Phi) is 5.94. The standard InChI is InChI=1S/C20H24O3/c1-20(2)12-5-6-16(11-13-20)17-7-9-18(10-8-17)19(22)23-15-4-3-14-21/h5-13,21H,3-4,14-15H2,1-2H3. The fraction of sp³-hybridized carbons (Fsp3) is 0.350. The van der Waals surface area contributed by atoms with Crippen LogP contribution < -0.4 is 0 Å². The van der Waals surface area contributed by atoms with Crippen molar-refractivity contribution in [2.24, 2.45) is 5.41 Å². The van der Waals surface area contributed by atoms with Crippen LogP contribution in [-0.4, -0.2) is 24.3 Å². The van der Waals surface area contributed by atoms with Crippen molar-refractivity contribution in [2.45, 2.75) is 26.7 Å². The Labute approximate surface area is 138 Å². The molecule has 0 fully saturated rings. The van der Waals surface area contributed by atoms with E-state index in [2.05, 4.69) is 44.2 Å². The fourth-order valence-electron chi connectivity index (χ4n) is 2.27. The van der Waals surface area contributed by atoms with Gasteiger partial charge in [0.1, 0.15) is 0 Å². The van der Waals surface area contributed by atoms with Crippen molar-refractivity contribution in [3.05, 3.63) is 65.8 Å². The number of carbonyl (C=O) groups is 1. The Bertz CT molecular complexity index is 619. The molecule has 0 bridgehead atoms. The highest BCUT2D eigenvalue weighted by atomic mass is 16.5. The maximum Gasteiger partial charge on any atom is 0.338 e. The number of ether oxygens (including phenoxy) is 1. The summed E-state index contributed by atoms with van der Waals surface area (Å²) < 4.78 is 5.17. The maximum absolute atomic E-state index is 11.9. The molecule has 0 heterocycles.